The monoisotopic (exact) mass is 229 g/mol. The average molecular weight is 229 g/mol. The smallest absolute Gasteiger partial charge is 0.246 e. The average Bonchev–Trinajstić information content (AvgIpc) is 2.22. The van der Waals surface area contributed by atoms with E-state index in [9.17, 15) is 18.0 Å². The van der Waals surface area contributed by atoms with Crippen LogP contribution < -0.4 is 5.32 Å². The first-order valence-electron chi connectivity index (χ1n) is 4.49. The molecule has 86 valence electrons. The molecule has 0 aliphatic heterocycles. The van der Waals surface area contributed by atoms with E-state index in [-0.39, 0.29) is 17.7 Å². The van der Waals surface area contributed by atoms with Crippen LogP contribution in [0.15, 0.2) is 24.3 Å². The van der Waals surface area contributed by atoms with E-state index in [1.54, 1.807) is 0 Å². The fourth-order valence-corrected chi connectivity index (χ4v) is 1.04. The van der Waals surface area contributed by atoms with Gasteiger partial charge < -0.3 is 5.32 Å². The van der Waals surface area contributed by atoms with Crippen molar-refractivity contribution in [2.45, 2.75) is 13.5 Å². The van der Waals surface area contributed by atoms with Crippen molar-refractivity contribution in [3.05, 3.63) is 47.3 Å². The Bertz CT molecular complexity index is 420. The zero-order valence-electron chi connectivity index (χ0n) is 8.61. The summed E-state index contributed by atoms with van der Waals surface area (Å²) in [5.74, 6) is -4.50. The molecule has 0 fully saturated rings. The van der Waals surface area contributed by atoms with Gasteiger partial charge in [0.15, 0.2) is 17.5 Å². The highest BCUT2D eigenvalue weighted by molar-refractivity contribution is 5.91. The molecule has 0 aromatic heterocycles. The Kier molecular flexibility index (Phi) is 3.71. The molecular formula is C11H10F3NO. The van der Waals surface area contributed by atoms with Gasteiger partial charge in [-0.25, -0.2) is 13.2 Å². The maximum Gasteiger partial charge on any atom is 0.246 e. The number of rotatable bonds is 3. The molecule has 0 bridgehead atoms. The van der Waals surface area contributed by atoms with Gasteiger partial charge in [0.1, 0.15) is 0 Å². The van der Waals surface area contributed by atoms with Crippen molar-refractivity contribution >= 4 is 5.91 Å². The minimum absolute atomic E-state index is 0.0835. The van der Waals surface area contributed by atoms with Crippen molar-refractivity contribution in [3.8, 4) is 0 Å². The third kappa shape index (κ3) is 2.85. The lowest BCUT2D eigenvalue weighted by molar-refractivity contribution is -0.117. The van der Waals surface area contributed by atoms with Crippen LogP contribution in [0.25, 0.3) is 0 Å². The molecule has 1 rings (SSSR count). The van der Waals surface area contributed by atoms with Gasteiger partial charge in [0.25, 0.3) is 0 Å². The lowest BCUT2D eigenvalue weighted by Gasteiger charge is -2.05. The van der Waals surface area contributed by atoms with E-state index in [2.05, 4.69) is 11.9 Å². The molecule has 1 aromatic rings. The van der Waals surface area contributed by atoms with Gasteiger partial charge in [0.05, 0.1) is 0 Å². The SMILES string of the molecule is C=C(C)C(=O)NCc1cc(F)c(F)c(F)c1. The van der Waals surface area contributed by atoms with Crippen LogP contribution in [0.1, 0.15) is 12.5 Å². The van der Waals surface area contributed by atoms with Crippen LogP contribution in [0.3, 0.4) is 0 Å². The van der Waals surface area contributed by atoms with Gasteiger partial charge in [-0.1, -0.05) is 6.58 Å². The summed E-state index contributed by atoms with van der Waals surface area (Å²) in [4.78, 5) is 11.1. The predicted molar refractivity (Wildman–Crippen MR) is 53.0 cm³/mol. The molecule has 2 nitrogen and oxygen atoms in total. The molecule has 1 aromatic carbocycles. The molecule has 1 amide bonds. The topological polar surface area (TPSA) is 29.1 Å². The predicted octanol–water partition coefficient (Wildman–Crippen LogP) is 2.30. The van der Waals surface area contributed by atoms with Crippen LogP contribution in [0.5, 0.6) is 0 Å². The van der Waals surface area contributed by atoms with Crippen LogP contribution in [-0.2, 0) is 11.3 Å². The van der Waals surface area contributed by atoms with Crippen molar-refractivity contribution in [1.82, 2.24) is 5.32 Å². The maximum atomic E-state index is 12.8. The molecule has 0 spiro atoms. The summed E-state index contributed by atoms with van der Waals surface area (Å²) in [6.07, 6.45) is 0. The maximum absolute atomic E-state index is 12.8. The van der Waals surface area contributed by atoms with E-state index in [1.807, 2.05) is 0 Å². The van der Waals surface area contributed by atoms with Gasteiger partial charge in [-0.2, -0.15) is 0 Å². The Morgan fingerprint density at radius 2 is 1.81 bits per heavy atom. The van der Waals surface area contributed by atoms with Crippen LogP contribution in [0.2, 0.25) is 0 Å². The number of benzene rings is 1. The molecule has 0 heterocycles. The molecule has 0 aliphatic rings. The molecule has 0 atom stereocenters. The van der Waals surface area contributed by atoms with Crippen molar-refractivity contribution < 1.29 is 18.0 Å². The first-order chi connectivity index (χ1) is 7.41. The van der Waals surface area contributed by atoms with Crippen LogP contribution >= 0.6 is 0 Å². The highest BCUT2D eigenvalue weighted by atomic mass is 19.2. The zero-order chi connectivity index (χ0) is 12.3. The Morgan fingerprint density at radius 3 is 2.25 bits per heavy atom. The summed E-state index contributed by atoms with van der Waals surface area (Å²) in [7, 11) is 0. The first kappa shape index (κ1) is 12.3. The lowest BCUT2D eigenvalue weighted by atomic mass is 10.2. The molecule has 0 saturated carbocycles. The second kappa shape index (κ2) is 4.83. The van der Waals surface area contributed by atoms with Gasteiger partial charge >= 0.3 is 0 Å². The summed E-state index contributed by atoms with van der Waals surface area (Å²) < 4.78 is 38.1. The second-order valence-electron chi connectivity index (χ2n) is 3.34. The van der Waals surface area contributed by atoms with Crippen LogP contribution in [-0.4, -0.2) is 5.91 Å². The van der Waals surface area contributed by atoms with E-state index in [1.165, 1.54) is 6.92 Å². The number of nitrogens with one attached hydrogen (secondary N) is 1. The highest BCUT2D eigenvalue weighted by Crippen LogP contribution is 2.13. The number of hydrogen-bond acceptors (Lipinski definition) is 1. The molecule has 0 radical (unpaired) electrons. The molecule has 0 saturated heterocycles. The summed E-state index contributed by atoms with van der Waals surface area (Å²) in [6, 6.07) is 1.66. The first-order valence-corrected chi connectivity index (χ1v) is 4.49. The van der Waals surface area contributed by atoms with E-state index in [0.717, 1.165) is 12.1 Å². The van der Waals surface area contributed by atoms with Gasteiger partial charge in [0.2, 0.25) is 5.91 Å². The third-order valence-corrected chi connectivity index (χ3v) is 1.88. The fraction of sp³-hybridized carbons (Fsp3) is 0.182. The third-order valence-electron chi connectivity index (χ3n) is 1.88. The van der Waals surface area contributed by atoms with Crippen LogP contribution in [0.4, 0.5) is 13.2 Å². The minimum Gasteiger partial charge on any atom is -0.348 e. The highest BCUT2D eigenvalue weighted by Gasteiger charge is 2.10. The molecular weight excluding hydrogens is 219 g/mol. The summed E-state index contributed by atoms with van der Waals surface area (Å²) in [5.41, 5.74) is 0.425. The fourth-order valence-electron chi connectivity index (χ4n) is 1.04. The van der Waals surface area contributed by atoms with Crippen molar-refractivity contribution in [2.75, 3.05) is 0 Å². The number of carbonyl (C=O) groups is 1. The molecule has 5 heteroatoms. The van der Waals surface area contributed by atoms with E-state index in [0.29, 0.717) is 0 Å². The van der Waals surface area contributed by atoms with Gasteiger partial charge in [-0.05, 0) is 24.6 Å². The standard InChI is InChI=1S/C11H10F3NO/c1-6(2)11(16)15-5-7-3-8(12)10(14)9(13)4-7/h3-4H,1,5H2,2H3,(H,15,16). The quantitative estimate of drug-likeness (QED) is 0.625. The molecule has 0 unspecified atom stereocenters. The van der Waals surface area contributed by atoms with Gasteiger partial charge in [-0.15, -0.1) is 0 Å². The van der Waals surface area contributed by atoms with E-state index >= 15 is 0 Å². The largest absolute Gasteiger partial charge is 0.348 e. The number of halogens is 3. The van der Waals surface area contributed by atoms with E-state index < -0.39 is 23.4 Å². The van der Waals surface area contributed by atoms with Crippen LogP contribution in [0, 0.1) is 17.5 Å². The molecule has 1 N–H and O–H groups in total. The minimum atomic E-state index is -1.52. The summed E-state index contributed by atoms with van der Waals surface area (Å²) in [5, 5.41) is 2.38. The second-order valence-corrected chi connectivity index (χ2v) is 3.34. The number of hydrogen-bond donors (Lipinski definition) is 1. The van der Waals surface area contributed by atoms with Crippen molar-refractivity contribution in [2.24, 2.45) is 0 Å². The summed E-state index contributed by atoms with van der Waals surface area (Å²) in [6.45, 7) is 4.81. The number of carbonyl (C=O) groups excluding carboxylic acids is 1. The van der Waals surface area contributed by atoms with Crippen molar-refractivity contribution in [3.63, 3.8) is 0 Å². The Balaban J connectivity index is 2.76. The van der Waals surface area contributed by atoms with Gasteiger partial charge in [0, 0.05) is 12.1 Å². The molecule has 0 aliphatic carbocycles. The Morgan fingerprint density at radius 1 is 1.31 bits per heavy atom. The van der Waals surface area contributed by atoms with Crippen molar-refractivity contribution in [1.29, 1.82) is 0 Å². The van der Waals surface area contributed by atoms with E-state index in [4.69, 9.17) is 0 Å². The van der Waals surface area contributed by atoms with Gasteiger partial charge in [-0.3, -0.25) is 4.79 Å². The normalized spacial score (nSPS) is 10.0. The lowest BCUT2D eigenvalue weighted by Crippen LogP contribution is -2.23. The summed E-state index contributed by atoms with van der Waals surface area (Å²) >= 11 is 0. The Hall–Kier alpha value is -1.78. The molecule has 16 heavy (non-hydrogen) atoms. The number of amides is 1. The zero-order valence-corrected chi connectivity index (χ0v) is 8.61. The Labute approximate surface area is 90.8 Å².